The Balaban J connectivity index is 1.72. The lowest BCUT2D eigenvalue weighted by molar-refractivity contribution is 0.0260. The van der Waals surface area contributed by atoms with Crippen molar-refractivity contribution in [3.05, 3.63) is 6.92 Å². The normalized spacial score (nSPS) is 27.8. The third kappa shape index (κ3) is 3.41. The number of morpholine rings is 1. The van der Waals surface area contributed by atoms with Crippen LogP contribution < -0.4 is 5.32 Å². The molecule has 4 nitrogen and oxygen atoms in total. The van der Waals surface area contributed by atoms with E-state index in [0.717, 1.165) is 59.0 Å². The van der Waals surface area contributed by atoms with E-state index >= 15 is 0 Å². The van der Waals surface area contributed by atoms with Gasteiger partial charge < -0.3 is 10.1 Å². The maximum atomic E-state index is 5.34. The van der Waals surface area contributed by atoms with Gasteiger partial charge in [0.05, 0.1) is 13.2 Å². The van der Waals surface area contributed by atoms with Crippen molar-refractivity contribution in [1.82, 2.24) is 15.1 Å². The first-order valence-electron chi connectivity index (χ1n) is 5.94. The van der Waals surface area contributed by atoms with Gasteiger partial charge in [0.15, 0.2) is 0 Å². The summed E-state index contributed by atoms with van der Waals surface area (Å²) in [6.45, 7) is 13.7. The largest absolute Gasteiger partial charge is 0.379 e. The second-order valence-corrected chi connectivity index (χ2v) is 4.35. The molecule has 0 aromatic rings. The zero-order valence-electron chi connectivity index (χ0n) is 9.45. The number of ether oxygens (including phenoxy) is 1. The lowest BCUT2D eigenvalue weighted by atomic mass is 10.2. The van der Waals surface area contributed by atoms with Gasteiger partial charge in [-0.2, -0.15) is 0 Å². The van der Waals surface area contributed by atoms with Crippen molar-refractivity contribution in [2.75, 3.05) is 59.0 Å². The monoisotopic (exact) mass is 212 g/mol. The van der Waals surface area contributed by atoms with Gasteiger partial charge in [0.1, 0.15) is 0 Å². The fourth-order valence-corrected chi connectivity index (χ4v) is 2.24. The molecular weight excluding hydrogens is 190 g/mol. The summed E-state index contributed by atoms with van der Waals surface area (Å²) in [6, 6.07) is 0.435. The summed E-state index contributed by atoms with van der Waals surface area (Å²) >= 11 is 0. The van der Waals surface area contributed by atoms with Crippen molar-refractivity contribution in [1.29, 1.82) is 0 Å². The Labute approximate surface area is 92.6 Å². The van der Waals surface area contributed by atoms with Crippen LogP contribution in [0.25, 0.3) is 0 Å². The van der Waals surface area contributed by atoms with E-state index in [2.05, 4.69) is 22.0 Å². The van der Waals surface area contributed by atoms with Gasteiger partial charge in [-0.05, 0) is 6.92 Å². The first-order chi connectivity index (χ1) is 7.36. The fraction of sp³-hybridized carbons (Fsp3) is 0.909. The van der Waals surface area contributed by atoms with Crippen molar-refractivity contribution in [3.63, 3.8) is 0 Å². The first-order valence-corrected chi connectivity index (χ1v) is 5.94. The van der Waals surface area contributed by atoms with Crippen LogP contribution in [0.2, 0.25) is 0 Å². The average Bonchev–Trinajstić information content (AvgIpc) is 2.31. The molecule has 0 aromatic heterocycles. The summed E-state index contributed by atoms with van der Waals surface area (Å²) in [6.07, 6.45) is 0. The molecule has 0 spiro atoms. The van der Waals surface area contributed by atoms with Gasteiger partial charge in [-0.15, -0.1) is 0 Å². The van der Waals surface area contributed by atoms with Crippen LogP contribution in [0.1, 0.15) is 0 Å². The summed E-state index contributed by atoms with van der Waals surface area (Å²) in [4.78, 5) is 4.94. The molecule has 2 saturated heterocycles. The second kappa shape index (κ2) is 5.80. The van der Waals surface area contributed by atoms with Crippen LogP contribution in [0.3, 0.4) is 0 Å². The molecule has 2 heterocycles. The topological polar surface area (TPSA) is 27.7 Å². The molecule has 2 aliphatic rings. The third-order valence-corrected chi connectivity index (χ3v) is 3.24. The number of nitrogens with one attached hydrogen (secondary N) is 1. The van der Waals surface area contributed by atoms with Crippen LogP contribution in [0, 0.1) is 6.92 Å². The molecule has 1 N–H and O–H groups in total. The van der Waals surface area contributed by atoms with E-state index in [1.165, 1.54) is 0 Å². The molecule has 0 aliphatic carbocycles. The van der Waals surface area contributed by atoms with Crippen molar-refractivity contribution in [3.8, 4) is 0 Å². The summed E-state index contributed by atoms with van der Waals surface area (Å²) in [5, 5.41) is 3.37. The van der Waals surface area contributed by atoms with Gasteiger partial charge in [-0.25, -0.2) is 0 Å². The highest BCUT2D eigenvalue weighted by Gasteiger charge is 2.20. The number of piperazine rings is 1. The molecule has 1 atom stereocenters. The Morgan fingerprint density at radius 3 is 2.47 bits per heavy atom. The molecule has 0 unspecified atom stereocenters. The second-order valence-electron chi connectivity index (χ2n) is 4.35. The number of hydrogen-bond acceptors (Lipinski definition) is 4. The fourth-order valence-electron chi connectivity index (χ4n) is 2.24. The molecule has 2 aliphatic heterocycles. The van der Waals surface area contributed by atoms with E-state index in [1.54, 1.807) is 0 Å². The molecule has 0 aromatic carbocycles. The highest BCUT2D eigenvalue weighted by Crippen LogP contribution is 2.05. The number of hydrogen-bond donors (Lipinski definition) is 1. The van der Waals surface area contributed by atoms with Crippen molar-refractivity contribution in [2.24, 2.45) is 0 Å². The highest BCUT2D eigenvalue weighted by molar-refractivity contribution is 4.81. The van der Waals surface area contributed by atoms with Crippen LogP contribution >= 0.6 is 0 Å². The molecule has 0 bridgehead atoms. The maximum absolute atomic E-state index is 5.34. The molecule has 4 heteroatoms. The van der Waals surface area contributed by atoms with E-state index in [-0.39, 0.29) is 0 Å². The van der Waals surface area contributed by atoms with E-state index in [4.69, 9.17) is 4.74 Å². The van der Waals surface area contributed by atoms with Gasteiger partial charge in [0.2, 0.25) is 0 Å². The predicted molar refractivity (Wildman–Crippen MR) is 60.8 cm³/mol. The molecule has 0 saturated carbocycles. The average molecular weight is 212 g/mol. The summed E-state index contributed by atoms with van der Waals surface area (Å²) < 4.78 is 5.34. The van der Waals surface area contributed by atoms with Gasteiger partial charge in [0.25, 0.3) is 0 Å². The Morgan fingerprint density at radius 1 is 1.13 bits per heavy atom. The van der Waals surface area contributed by atoms with Crippen LogP contribution in [-0.2, 0) is 4.74 Å². The lowest BCUT2D eigenvalue weighted by Crippen LogP contribution is -2.52. The molecule has 2 rings (SSSR count). The molecule has 2 fully saturated rings. The highest BCUT2D eigenvalue weighted by atomic mass is 16.5. The number of nitrogens with zero attached hydrogens (tertiary/aromatic N) is 2. The minimum absolute atomic E-state index is 0.435. The Hall–Kier alpha value is -0.160. The van der Waals surface area contributed by atoms with E-state index in [1.807, 2.05) is 0 Å². The zero-order chi connectivity index (χ0) is 10.5. The minimum Gasteiger partial charge on any atom is -0.379 e. The number of rotatable bonds is 3. The van der Waals surface area contributed by atoms with Crippen LogP contribution in [0.15, 0.2) is 0 Å². The predicted octanol–water partition coefficient (Wildman–Crippen LogP) is -0.574. The maximum Gasteiger partial charge on any atom is 0.0594 e. The van der Waals surface area contributed by atoms with Crippen LogP contribution in [0.5, 0.6) is 0 Å². The van der Waals surface area contributed by atoms with E-state index < -0.39 is 0 Å². The van der Waals surface area contributed by atoms with E-state index in [9.17, 15) is 0 Å². The van der Waals surface area contributed by atoms with Gasteiger partial charge in [-0.1, -0.05) is 0 Å². The van der Waals surface area contributed by atoms with Gasteiger partial charge in [0, 0.05) is 51.9 Å². The quantitative estimate of drug-likeness (QED) is 0.678. The molecule has 87 valence electrons. The summed E-state index contributed by atoms with van der Waals surface area (Å²) in [5.74, 6) is 0. The third-order valence-electron chi connectivity index (χ3n) is 3.24. The zero-order valence-corrected chi connectivity index (χ0v) is 9.45. The Kier molecular flexibility index (Phi) is 4.38. The Morgan fingerprint density at radius 2 is 1.80 bits per heavy atom. The SMILES string of the molecule is [CH2][C@H](CN1CCOCC1)N1CCNCC1. The van der Waals surface area contributed by atoms with E-state index in [0.29, 0.717) is 6.04 Å². The van der Waals surface area contributed by atoms with Crippen molar-refractivity contribution in [2.45, 2.75) is 6.04 Å². The lowest BCUT2D eigenvalue weighted by Gasteiger charge is -2.36. The standard InChI is InChI=1S/C11H22N3O/c1-11(14-4-2-12-3-5-14)10-13-6-8-15-9-7-13/h11-12H,1-10H2/t11-/m1/s1. The van der Waals surface area contributed by atoms with Gasteiger partial charge >= 0.3 is 0 Å². The van der Waals surface area contributed by atoms with Crippen LogP contribution in [0.4, 0.5) is 0 Å². The summed E-state index contributed by atoms with van der Waals surface area (Å²) in [5.41, 5.74) is 0. The Bertz CT molecular complexity index is 177. The van der Waals surface area contributed by atoms with Crippen molar-refractivity contribution >= 4 is 0 Å². The smallest absolute Gasteiger partial charge is 0.0594 e. The molecule has 15 heavy (non-hydrogen) atoms. The molecular formula is C11H22N3O. The summed E-state index contributed by atoms with van der Waals surface area (Å²) in [7, 11) is 0. The van der Waals surface area contributed by atoms with Crippen molar-refractivity contribution < 1.29 is 4.74 Å². The molecule has 1 radical (unpaired) electrons. The first kappa shape index (κ1) is 11.3. The van der Waals surface area contributed by atoms with Crippen LogP contribution in [-0.4, -0.2) is 74.9 Å². The van der Waals surface area contributed by atoms with Gasteiger partial charge in [-0.3, -0.25) is 9.80 Å². The minimum atomic E-state index is 0.435. The molecule has 0 amide bonds.